The number of para-hydroxylation sites is 2. The van der Waals surface area contributed by atoms with Crippen LogP contribution in [-0.2, 0) is 9.53 Å². The van der Waals surface area contributed by atoms with Gasteiger partial charge >= 0.3 is 5.97 Å². The van der Waals surface area contributed by atoms with Crippen molar-refractivity contribution in [3.8, 4) is 0 Å². The van der Waals surface area contributed by atoms with Crippen molar-refractivity contribution in [1.29, 1.82) is 0 Å². The molecule has 0 bridgehead atoms. The van der Waals surface area contributed by atoms with Crippen LogP contribution in [0, 0.1) is 0 Å². The zero-order valence-corrected chi connectivity index (χ0v) is 13.6. The Morgan fingerprint density at radius 2 is 1.83 bits per heavy atom. The lowest BCUT2D eigenvalue weighted by Gasteiger charge is -2.07. The van der Waals surface area contributed by atoms with Crippen LogP contribution in [0.25, 0.3) is 10.9 Å². The maximum atomic E-state index is 12.0. The van der Waals surface area contributed by atoms with Crippen molar-refractivity contribution in [3.63, 3.8) is 0 Å². The smallest absolute Gasteiger partial charge is 0.355 e. The van der Waals surface area contributed by atoms with Gasteiger partial charge in [0.1, 0.15) is 5.69 Å². The zero-order valence-electron chi connectivity index (χ0n) is 12.0. The van der Waals surface area contributed by atoms with Gasteiger partial charge in [-0.1, -0.05) is 30.3 Å². The Morgan fingerprint density at radius 3 is 2.61 bits per heavy atom. The summed E-state index contributed by atoms with van der Waals surface area (Å²) in [5.74, 6) is -0.968. The molecule has 0 unspecified atom stereocenters. The Morgan fingerprint density at radius 1 is 1.09 bits per heavy atom. The molecule has 0 aliphatic rings. The molecule has 3 aromatic rings. The van der Waals surface area contributed by atoms with Crippen molar-refractivity contribution in [1.82, 2.24) is 4.98 Å². The summed E-state index contributed by atoms with van der Waals surface area (Å²) in [6.45, 7) is -0.352. The Hall–Kier alpha value is -2.60. The molecule has 1 heterocycles. The minimum Gasteiger partial charge on any atom is -0.451 e. The van der Waals surface area contributed by atoms with Crippen LogP contribution in [0.3, 0.4) is 0 Å². The number of nitrogens with one attached hydrogen (secondary N) is 2. The summed E-state index contributed by atoms with van der Waals surface area (Å²) in [4.78, 5) is 26.8. The van der Waals surface area contributed by atoms with Gasteiger partial charge < -0.3 is 15.0 Å². The van der Waals surface area contributed by atoms with Crippen LogP contribution >= 0.6 is 15.9 Å². The number of aromatic amines is 1. The lowest BCUT2D eigenvalue weighted by molar-refractivity contribution is -0.119. The third kappa shape index (κ3) is 3.60. The van der Waals surface area contributed by atoms with Crippen LogP contribution < -0.4 is 5.32 Å². The van der Waals surface area contributed by atoms with E-state index in [1.807, 2.05) is 36.4 Å². The number of halogens is 1. The van der Waals surface area contributed by atoms with E-state index in [9.17, 15) is 9.59 Å². The van der Waals surface area contributed by atoms with Gasteiger partial charge in [-0.25, -0.2) is 4.79 Å². The Bertz CT molecular complexity index is 840. The van der Waals surface area contributed by atoms with Gasteiger partial charge in [0.25, 0.3) is 5.91 Å². The van der Waals surface area contributed by atoms with Crippen LogP contribution in [0.1, 0.15) is 10.5 Å². The van der Waals surface area contributed by atoms with Gasteiger partial charge in [-0.15, -0.1) is 0 Å². The number of amides is 1. The molecule has 0 aliphatic carbocycles. The van der Waals surface area contributed by atoms with Crippen molar-refractivity contribution in [3.05, 3.63) is 64.8 Å². The SMILES string of the molecule is O=C(COC(=O)c1cc2ccccc2[nH]1)Nc1ccccc1Br. The van der Waals surface area contributed by atoms with E-state index in [0.29, 0.717) is 11.4 Å². The first-order valence-corrected chi connectivity index (χ1v) is 7.72. The molecule has 2 aromatic carbocycles. The van der Waals surface area contributed by atoms with Crippen molar-refractivity contribution in [2.45, 2.75) is 0 Å². The highest BCUT2D eigenvalue weighted by Gasteiger charge is 2.13. The van der Waals surface area contributed by atoms with Gasteiger partial charge in [0.15, 0.2) is 6.61 Å². The summed E-state index contributed by atoms with van der Waals surface area (Å²) in [6, 6.07) is 16.4. The number of hydrogen-bond donors (Lipinski definition) is 2. The topological polar surface area (TPSA) is 71.2 Å². The first-order valence-electron chi connectivity index (χ1n) is 6.93. The molecule has 2 N–H and O–H groups in total. The number of carbonyl (C=O) groups is 2. The van der Waals surface area contributed by atoms with Crippen LogP contribution in [-0.4, -0.2) is 23.5 Å². The molecule has 1 amide bonds. The largest absolute Gasteiger partial charge is 0.451 e. The number of carbonyl (C=O) groups excluding carboxylic acids is 2. The molecule has 0 atom stereocenters. The second-order valence-corrected chi connectivity index (χ2v) is 5.73. The average molecular weight is 373 g/mol. The van der Waals surface area contributed by atoms with E-state index in [-0.39, 0.29) is 6.61 Å². The summed E-state index contributed by atoms with van der Waals surface area (Å²) in [7, 11) is 0. The normalized spacial score (nSPS) is 10.5. The number of anilines is 1. The molecule has 0 saturated carbocycles. The fourth-order valence-corrected chi connectivity index (χ4v) is 2.52. The van der Waals surface area contributed by atoms with Gasteiger partial charge in [-0.2, -0.15) is 0 Å². The highest BCUT2D eigenvalue weighted by molar-refractivity contribution is 9.10. The molecular weight excluding hydrogens is 360 g/mol. The number of rotatable bonds is 4. The predicted octanol–water partition coefficient (Wildman–Crippen LogP) is 3.73. The number of fused-ring (bicyclic) bond motifs is 1. The monoisotopic (exact) mass is 372 g/mol. The van der Waals surface area contributed by atoms with Gasteiger partial charge in [0, 0.05) is 15.4 Å². The van der Waals surface area contributed by atoms with Crippen LogP contribution in [0.5, 0.6) is 0 Å². The minimum absolute atomic E-state index is 0.319. The molecule has 3 rings (SSSR count). The third-order valence-electron chi connectivity index (χ3n) is 3.23. The average Bonchev–Trinajstić information content (AvgIpc) is 2.99. The van der Waals surface area contributed by atoms with E-state index in [1.165, 1.54) is 0 Å². The molecular formula is C17H13BrN2O3. The number of ether oxygens (including phenoxy) is 1. The molecule has 0 fully saturated rings. The standard InChI is InChI=1S/C17H13BrN2O3/c18-12-6-2-4-8-14(12)20-16(21)10-23-17(22)15-9-11-5-1-3-7-13(11)19-15/h1-9,19H,10H2,(H,20,21). The molecule has 23 heavy (non-hydrogen) atoms. The van der Waals surface area contributed by atoms with Crippen LogP contribution in [0.2, 0.25) is 0 Å². The Kier molecular flexibility index (Phi) is 4.43. The Balaban J connectivity index is 1.60. The minimum atomic E-state index is -0.566. The number of esters is 1. The van der Waals surface area contributed by atoms with E-state index in [4.69, 9.17) is 4.74 Å². The molecule has 0 aliphatic heterocycles. The molecule has 116 valence electrons. The first kappa shape index (κ1) is 15.3. The molecule has 0 saturated heterocycles. The fourth-order valence-electron chi connectivity index (χ4n) is 2.14. The number of aromatic nitrogens is 1. The maximum absolute atomic E-state index is 12.0. The molecule has 0 spiro atoms. The van der Waals surface area contributed by atoms with E-state index >= 15 is 0 Å². The summed E-state index contributed by atoms with van der Waals surface area (Å²) >= 11 is 3.33. The van der Waals surface area contributed by atoms with Crippen LogP contribution in [0.4, 0.5) is 5.69 Å². The van der Waals surface area contributed by atoms with Crippen molar-refractivity contribution in [2.24, 2.45) is 0 Å². The molecule has 6 heteroatoms. The lowest BCUT2D eigenvalue weighted by atomic mass is 10.2. The molecule has 5 nitrogen and oxygen atoms in total. The quantitative estimate of drug-likeness (QED) is 0.685. The molecule has 0 radical (unpaired) electrons. The van der Waals surface area contributed by atoms with Gasteiger partial charge in [-0.3, -0.25) is 4.79 Å². The Labute approximate surface area is 140 Å². The van der Waals surface area contributed by atoms with E-state index in [2.05, 4.69) is 26.2 Å². The summed E-state index contributed by atoms with van der Waals surface area (Å²) in [5.41, 5.74) is 1.79. The number of benzene rings is 2. The zero-order chi connectivity index (χ0) is 16.2. The maximum Gasteiger partial charge on any atom is 0.355 e. The molecule has 1 aromatic heterocycles. The second kappa shape index (κ2) is 6.66. The predicted molar refractivity (Wildman–Crippen MR) is 91.4 cm³/mol. The van der Waals surface area contributed by atoms with Crippen molar-refractivity contribution in [2.75, 3.05) is 11.9 Å². The van der Waals surface area contributed by atoms with Gasteiger partial charge in [0.05, 0.1) is 5.69 Å². The van der Waals surface area contributed by atoms with Gasteiger partial charge in [-0.05, 0) is 40.2 Å². The number of hydrogen-bond acceptors (Lipinski definition) is 3. The van der Waals surface area contributed by atoms with E-state index in [0.717, 1.165) is 15.4 Å². The highest BCUT2D eigenvalue weighted by atomic mass is 79.9. The van der Waals surface area contributed by atoms with E-state index < -0.39 is 11.9 Å². The number of H-pyrrole nitrogens is 1. The highest BCUT2D eigenvalue weighted by Crippen LogP contribution is 2.21. The summed E-state index contributed by atoms with van der Waals surface area (Å²) < 4.78 is 5.79. The second-order valence-electron chi connectivity index (χ2n) is 4.87. The van der Waals surface area contributed by atoms with Gasteiger partial charge in [0.2, 0.25) is 0 Å². The van der Waals surface area contributed by atoms with Crippen molar-refractivity contribution >= 4 is 44.4 Å². The van der Waals surface area contributed by atoms with Crippen LogP contribution in [0.15, 0.2) is 59.1 Å². The first-order chi connectivity index (χ1) is 11.1. The third-order valence-corrected chi connectivity index (χ3v) is 3.92. The summed E-state index contributed by atoms with van der Waals surface area (Å²) in [6.07, 6.45) is 0. The summed E-state index contributed by atoms with van der Waals surface area (Å²) in [5, 5.41) is 3.58. The van der Waals surface area contributed by atoms with Crippen molar-refractivity contribution < 1.29 is 14.3 Å². The lowest BCUT2D eigenvalue weighted by Crippen LogP contribution is -2.21. The van der Waals surface area contributed by atoms with E-state index in [1.54, 1.807) is 18.2 Å². The fraction of sp³-hybridized carbons (Fsp3) is 0.0588.